The van der Waals surface area contributed by atoms with E-state index < -0.39 is 0 Å². The SMILES string of the molecule is O=C(CCCl)NCCSCCCO. The number of rotatable bonds is 8. The minimum Gasteiger partial charge on any atom is -0.396 e. The van der Waals surface area contributed by atoms with Crippen molar-refractivity contribution in [3.8, 4) is 0 Å². The van der Waals surface area contributed by atoms with Crippen LogP contribution in [0.4, 0.5) is 0 Å². The van der Waals surface area contributed by atoms with Crippen molar-refractivity contribution in [3.05, 3.63) is 0 Å². The second kappa shape index (κ2) is 10.2. The van der Waals surface area contributed by atoms with E-state index in [4.69, 9.17) is 16.7 Å². The summed E-state index contributed by atoms with van der Waals surface area (Å²) >= 11 is 7.11. The molecule has 0 atom stereocenters. The molecule has 0 aliphatic heterocycles. The van der Waals surface area contributed by atoms with Crippen molar-refractivity contribution < 1.29 is 9.90 Å². The number of carbonyl (C=O) groups excluding carboxylic acids is 1. The van der Waals surface area contributed by atoms with Gasteiger partial charge >= 0.3 is 0 Å². The van der Waals surface area contributed by atoms with Crippen LogP contribution in [-0.2, 0) is 4.79 Å². The van der Waals surface area contributed by atoms with E-state index in [1.165, 1.54) is 0 Å². The van der Waals surface area contributed by atoms with Crippen LogP contribution in [0.3, 0.4) is 0 Å². The molecule has 0 saturated heterocycles. The fraction of sp³-hybridized carbons (Fsp3) is 0.875. The van der Waals surface area contributed by atoms with Gasteiger partial charge in [0.25, 0.3) is 0 Å². The predicted octanol–water partition coefficient (Wildman–Crippen LogP) is 0.847. The van der Waals surface area contributed by atoms with Gasteiger partial charge in [-0.05, 0) is 12.2 Å². The number of amides is 1. The third-order valence-electron chi connectivity index (χ3n) is 1.34. The second-order valence-electron chi connectivity index (χ2n) is 2.48. The Kier molecular flexibility index (Phi) is 10.2. The lowest BCUT2D eigenvalue weighted by Gasteiger charge is -2.02. The molecule has 0 aliphatic rings. The van der Waals surface area contributed by atoms with Crippen LogP contribution in [0.1, 0.15) is 12.8 Å². The molecule has 0 bridgehead atoms. The van der Waals surface area contributed by atoms with E-state index in [-0.39, 0.29) is 12.5 Å². The van der Waals surface area contributed by atoms with Gasteiger partial charge in [-0.25, -0.2) is 0 Å². The molecule has 0 aromatic carbocycles. The number of alkyl halides is 1. The molecule has 0 aromatic heterocycles. The van der Waals surface area contributed by atoms with Crippen LogP contribution >= 0.6 is 23.4 Å². The highest BCUT2D eigenvalue weighted by Gasteiger charge is 1.97. The molecule has 0 radical (unpaired) electrons. The normalized spacial score (nSPS) is 10.0. The van der Waals surface area contributed by atoms with E-state index in [1.807, 2.05) is 0 Å². The number of aliphatic hydroxyl groups is 1. The van der Waals surface area contributed by atoms with Gasteiger partial charge in [0.1, 0.15) is 0 Å². The third kappa shape index (κ3) is 9.99. The molecule has 1 amide bonds. The predicted molar refractivity (Wildman–Crippen MR) is 57.4 cm³/mol. The maximum atomic E-state index is 10.9. The summed E-state index contributed by atoms with van der Waals surface area (Å²) < 4.78 is 0. The summed E-state index contributed by atoms with van der Waals surface area (Å²) in [5.41, 5.74) is 0. The average Bonchev–Trinajstić information content (AvgIpc) is 2.11. The Morgan fingerprint density at radius 2 is 2.23 bits per heavy atom. The highest BCUT2D eigenvalue weighted by atomic mass is 35.5. The van der Waals surface area contributed by atoms with Crippen LogP contribution in [0.2, 0.25) is 0 Å². The van der Waals surface area contributed by atoms with E-state index in [0.717, 1.165) is 17.9 Å². The molecule has 0 fully saturated rings. The first-order valence-corrected chi connectivity index (χ1v) is 6.01. The van der Waals surface area contributed by atoms with Gasteiger partial charge < -0.3 is 10.4 Å². The van der Waals surface area contributed by atoms with Gasteiger partial charge in [0, 0.05) is 31.2 Å². The van der Waals surface area contributed by atoms with Crippen LogP contribution in [0.5, 0.6) is 0 Å². The number of hydrogen-bond donors (Lipinski definition) is 2. The number of nitrogens with one attached hydrogen (secondary N) is 1. The maximum absolute atomic E-state index is 10.9. The summed E-state index contributed by atoms with van der Waals surface area (Å²) in [7, 11) is 0. The summed E-state index contributed by atoms with van der Waals surface area (Å²) in [6.07, 6.45) is 1.21. The molecule has 13 heavy (non-hydrogen) atoms. The number of aliphatic hydroxyl groups excluding tert-OH is 1. The first-order chi connectivity index (χ1) is 6.31. The lowest BCUT2D eigenvalue weighted by Crippen LogP contribution is -2.25. The Labute approximate surface area is 88.2 Å². The zero-order valence-electron chi connectivity index (χ0n) is 7.59. The zero-order valence-corrected chi connectivity index (χ0v) is 9.16. The molecule has 3 nitrogen and oxygen atoms in total. The first kappa shape index (κ1) is 13.1. The highest BCUT2D eigenvalue weighted by Crippen LogP contribution is 1.99. The van der Waals surface area contributed by atoms with E-state index in [0.29, 0.717) is 18.8 Å². The van der Waals surface area contributed by atoms with Crippen molar-refractivity contribution >= 4 is 29.3 Å². The van der Waals surface area contributed by atoms with Crippen LogP contribution in [0.15, 0.2) is 0 Å². The van der Waals surface area contributed by atoms with Crippen molar-refractivity contribution in [2.24, 2.45) is 0 Å². The van der Waals surface area contributed by atoms with Gasteiger partial charge in [-0.2, -0.15) is 11.8 Å². The molecule has 0 rings (SSSR count). The summed E-state index contributed by atoms with van der Waals surface area (Å²) in [5, 5.41) is 11.2. The fourth-order valence-electron chi connectivity index (χ4n) is 0.706. The lowest BCUT2D eigenvalue weighted by atomic mass is 10.4. The van der Waals surface area contributed by atoms with Crippen molar-refractivity contribution in [3.63, 3.8) is 0 Å². The minimum absolute atomic E-state index is 0.0118. The van der Waals surface area contributed by atoms with Gasteiger partial charge in [0.2, 0.25) is 5.91 Å². The zero-order chi connectivity index (χ0) is 9.94. The number of halogens is 1. The number of carbonyl (C=O) groups is 1. The Bertz CT molecular complexity index is 135. The standard InChI is InChI=1S/C8H16ClNO2S/c9-3-2-8(12)10-4-7-13-6-1-5-11/h11H,1-7H2,(H,10,12). The minimum atomic E-state index is 0.0118. The average molecular weight is 226 g/mol. The van der Waals surface area contributed by atoms with Gasteiger partial charge in [0.05, 0.1) is 0 Å². The van der Waals surface area contributed by atoms with Crippen molar-refractivity contribution in [1.82, 2.24) is 5.32 Å². The Balaban J connectivity index is 3.02. The lowest BCUT2D eigenvalue weighted by molar-refractivity contribution is -0.120. The van der Waals surface area contributed by atoms with E-state index in [1.54, 1.807) is 11.8 Å². The number of thioether (sulfide) groups is 1. The number of hydrogen-bond acceptors (Lipinski definition) is 3. The van der Waals surface area contributed by atoms with E-state index >= 15 is 0 Å². The monoisotopic (exact) mass is 225 g/mol. The third-order valence-corrected chi connectivity index (χ3v) is 2.60. The van der Waals surface area contributed by atoms with Gasteiger partial charge in [-0.1, -0.05) is 0 Å². The molecule has 0 spiro atoms. The van der Waals surface area contributed by atoms with Gasteiger partial charge in [-0.15, -0.1) is 11.6 Å². The Morgan fingerprint density at radius 3 is 2.85 bits per heavy atom. The van der Waals surface area contributed by atoms with Crippen molar-refractivity contribution in [2.45, 2.75) is 12.8 Å². The van der Waals surface area contributed by atoms with Gasteiger partial charge in [-0.3, -0.25) is 4.79 Å². The van der Waals surface area contributed by atoms with Crippen molar-refractivity contribution in [1.29, 1.82) is 0 Å². The molecule has 0 unspecified atom stereocenters. The molecule has 5 heteroatoms. The molecule has 0 aromatic rings. The molecule has 0 saturated carbocycles. The Hall–Kier alpha value is 0.0700. The smallest absolute Gasteiger partial charge is 0.221 e. The highest BCUT2D eigenvalue weighted by molar-refractivity contribution is 7.99. The quantitative estimate of drug-likeness (QED) is 0.476. The maximum Gasteiger partial charge on any atom is 0.221 e. The summed E-state index contributed by atoms with van der Waals surface area (Å²) in [6.45, 7) is 0.928. The summed E-state index contributed by atoms with van der Waals surface area (Å²) in [6, 6.07) is 0. The van der Waals surface area contributed by atoms with Crippen molar-refractivity contribution in [2.75, 3.05) is 30.5 Å². The summed E-state index contributed by atoms with van der Waals surface area (Å²) in [5.74, 6) is 2.23. The van der Waals surface area contributed by atoms with Crippen LogP contribution in [-0.4, -0.2) is 41.6 Å². The molecule has 0 heterocycles. The second-order valence-corrected chi connectivity index (χ2v) is 4.08. The topological polar surface area (TPSA) is 49.3 Å². The van der Waals surface area contributed by atoms with E-state index in [2.05, 4.69) is 5.32 Å². The largest absolute Gasteiger partial charge is 0.396 e. The first-order valence-electron chi connectivity index (χ1n) is 4.32. The molecular formula is C8H16ClNO2S. The molecule has 0 aliphatic carbocycles. The molecule has 78 valence electrons. The van der Waals surface area contributed by atoms with Crippen LogP contribution in [0.25, 0.3) is 0 Å². The fourth-order valence-corrected chi connectivity index (χ4v) is 1.66. The van der Waals surface area contributed by atoms with E-state index in [9.17, 15) is 4.79 Å². The van der Waals surface area contributed by atoms with Gasteiger partial charge in [0.15, 0.2) is 0 Å². The molecule has 2 N–H and O–H groups in total. The van der Waals surface area contributed by atoms with Crippen LogP contribution < -0.4 is 5.32 Å². The Morgan fingerprint density at radius 1 is 1.46 bits per heavy atom. The summed E-state index contributed by atoms with van der Waals surface area (Å²) in [4.78, 5) is 10.9. The van der Waals surface area contributed by atoms with Crippen LogP contribution in [0, 0.1) is 0 Å². The molecular weight excluding hydrogens is 210 g/mol.